The smallest absolute Gasteiger partial charge is 0.407 e. The number of fused-ring (bicyclic) bond motifs is 1. The maximum Gasteiger partial charge on any atom is 0.407 e. The van der Waals surface area contributed by atoms with Crippen molar-refractivity contribution < 1.29 is 14.6 Å². The van der Waals surface area contributed by atoms with Crippen LogP contribution in [0.2, 0.25) is 10.0 Å². The van der Waals surface area contributed by atoms with Crippen LogP contribution in [0.15, 0.2) is 49.1 Å². The number of halogens is 2. The Morgan fingerprint density at radius 3 is 2.62 bits per heavy atom. The maximum absolute atomic E-state index is 12.5. The summed E-state index contributed by atoms with van der Waals surface area (Å²) in [6.07, 6.45) is 2.47. The molecular weight excluding hydrogens is 477 g/mol. The Morgan fingerprint density at radius 2 is 1.94 bits per heavy atom. The molecule has 0 saturated heterocycles. The second kappa shape index (κ2) is 9.48. The number of carbonyl (C=O) groups excluding carboxylic acids is 1. The first-order valence-electron chi connectivity index (χ1n) is 10.5. The minimum atomic E-state index is -0.649. The van der Waals surface area contributed by atoms with Crippen LogP contribution in [0.3, 0.4) is 0 Å². The van der Waals surface area contributed by atoms with Gasteiger partial charge in [-0.1, -0.05) is 23.2 Å². The fourth-order valence-corrected chi connectivity index (χ4v) is 4.08. The summed E-state index contributed by atoms with van der Waals surface area (Å²) < 4.78 is 7.07. The summed E-state index contributed by atoms with van der Waals surface area (Å²) in [7, 11) is 0. The predicted octanol–water partition coefficient (Wildman–Crippen LogP) is 5.58. The van der Waals surface area contributed by atoms with Crippen LogP contribution in [0.4, 0.5) is 4.79 Å². The highest BCUT2D eigenvalue weighted by Crippen LogP contribution is 2.36. The first kappa shape index (κ1) is 23.8. The molecule has 0 aliphatic carbocycles. The van der Waals surface area contributed by atoms with Gasteiger partial charge in [-0.2, -0.15) is 5.10 Å². The van der Waals surface area contributed by atoms with Crippen LogP contribution < -0.4 is 5.32 Å². The zero-order valence-electron chi connectivity index (χ0n) is 18.8. The first-order valence-corrected chi connectivity index (χ1v) is 11.3. The number of nitrogens with one attached hydrogen (secondary N) is 1. The van der Waals surface area contributed by atoms with Crippen molar-refractivity contribution in [3.05, 3.63) is 70.2 Å². The largest absolute Gasteiger partial charge is 0.508 e. The molecule has 0 unspecified atom stereocenters. The molecule has 0 bridgehead atoms. The fraction of sp³-hybridized carbons (Fsp3) is 0.250. The van der Waals surface area contributed by atoms with Gasteiger partial charge in [0, 0.05) is 28.1 Å². The van der Waals surface area contributed by atoms with Crippen molar-refractivity contribution in [3.8, 4) is 17.0 Å². The van der Waals surface area contributed by atoms with Crippen LogP contribution in [0.1, 0.15) is 31.9 Å². The quantitative estimate of drug-likeness (QED) is 0.371. The van der Waals surface area contributed by atoms with E-state index in [4.69, 9.17) is 32.9 Å². The molecule has 2 N–H and O–H groups in total. The van der Waals surface area contributed by atoms with Gasteiger partial charge in [0.05, 0.1) is 22.8 Å². The van der Waals surface area contributed by atoms with Gasteiger partial charge in [0.25, 0.3) is 0 Å². The van der Waals surface area contributed by atoms with Crippen molar-refractivity contribution in [3.63, 3.8) is 0 Å². The van der Waals surface area contributed by atoms with Crippen molar-refractivity contribution >= 4 is 40.2 Å². The van der Waals surface area contributed by atoms with Crippen LogP contribution in [-0.2, 0) is 17.8 Å². The minimum absolute atomic E-state index is 0.0949. The van der Waals surface area contributed by atoms with Gasteiger partial charge in [0.1, 0.15) is 24.0 Å². The van der Waals surface area contributed by atoms with Gasteiger partial charge in [0.15, 0.2) is 0 Å². The van der Waals surface area contributed by atoms with Gasteiger partial charge in [-0.05, 0) is 62.7 Å². The zero-order valence-corrected chi connectivity index (χ0v) is 20.4. The summed E-state index contributed by atoms with van der Waals surface area (Å²) in [5, 5.41) is 18.9. The number of hydrogen-bond donors (Lipinski definition) is 2. The highest BCUT2D eigenvalue weighted by Gasteiger charge is 2.22. The highest BCUT2D eigenvalue weighted by atomic mass is 35.5. The Kier molecular flexibility index (Phi) is 6.63. The standard InChI is InChI=1S/C24H23Cl2N5O3/c1-24(2,3)34-23(33)28-10-18-19(11-31-13-27-12-29-31)17-9-15(32)5-7-21(17)30-22(18)16-6-4-14(25)8-20(16)26/h4-9,12-13,32H,10-11H2,1-3H3,(H,28,33). The molecule has 2 aromatic heterocycles. The Morgan fingerprint density at radius 1 is 1.15 bits per heavy atom. The number of benzene rings is 2. The molecule has 34 heavy (non-hydrogen) atoms. The Bertz CT molecular complexity index is 1350. The lowest BCUT2D eigenvalue weighted by Gasteiger charge is -2.22. The zero-order chi connectivity index (χ0) is 24.5. The van der Waals surface area contributed by atoms with E-state index >= 15 is 0 Å². The number of aromatic nitrogens is 4. The predicted molar refractivity (Wildman–Crippen MR) is 131 cm³/mol. The minimum Gasteiger partial charge on any atom is -0.508 e. The number of aromatic hydroxyl groups is 1. The lowest BCUT2D eigenvalue weighted by molar-refractivity contribution is 0.0523. The third-order valence-corrected chi connectivity index (χ3v) is 5.52. The summed E-state index contributed by atoms with van der Waals surface area (Å²) in [4.78, 5) is 21.3. The summed E-state index contributed by atoms with van der Waals surface area (Å²) >= 11 is 12.7. The van der Waals surface area contributed by atoms with Gasteiger partial charge in [-0.3, -0.25) is 0 Å². The molecule has 0 radical (unpaired) electrons. The summed E-state index contributed by atoms with van der Waals surface area (Å²) in [5.41, 5.74) is 2.72. The van der Waals surface area contributed by atoms with Gasteiger partial charge < -0.3 is 15.2 Å². The molecule has 0 aliphatic heterocycles. The molecule has 0 fully saturated rings. The van der Waals surface area contributed by atoms with E-state index in [1.54, 1.807) is 68.2 Å². The molecule has 2 heterocycles. The monoisotopic (exact) mass is 499 g/mol. The number of amides is 1. The number of phenols is 1. The highest BCUT2D eigenvalue weighted by molar-refractivity contribution is 6.36. The lowest BCUT2D eigenvalue weighted by atomic mass is 9.96. The third-order valence-electron chi connectivity index (χ3n) is 4.97. The van der Waals surface area contributed by atoms with Crippen LogP contribution in [0.5, 0.6) is 5.75 Å². The van der Waals surface area contributed by atoms with E-state index in [0.717, 1.165) is 5.56 Å². The van der Waals surface area contributed by atoms with Crippen molar-refractivity contribution in [2.24, 2.45) is 0 Å². The number of pyridine rings is 1. The van der Waals surface area contributed by atoms with E-state index in [2.05, 4.69) is 15.4 Å². The normalized spacial score (nSPS) is 11.6. The Hall–Kier alpha value is -3.36. The van der Waals surface area contributed by atoms with E-state index in [-0.39, 0.29) is 12.3 Å². The number of hydrogen-bond acceptors (Lipinski definition) is 6. The number of ether oxygens (including phenoxy) is 1. The fourth-order valence-electron chi connectivity index (χ4n) is 3.58. The van der Waals surface area contributed by atoms with Gasteiger partial charge >= 0.3 is 6.09 Å². The van der Waals surface area contributed by atoms with Gasteiger partial charge in [-0.25, -0.2) is 19.4 Å². The summed E-state index contributed by atoms with van der Waals surface area (Å²) in [6.45, 7) is 5.81. The molecule has 176 valence electrons. The second-order valence-corrected chi connectivity index (χ2v) is 9.54. The number of alkyl carbamates (subject to hydrolysis) is 1. The van der Waals surface area contributed by atoms with E-state index in [0.29, 0.717) is 44.3 Å². The number of nitrogens with zero attached hydrogens (tertiary/aromatic N) is 4. The molecule has 0 spiro atoms. The van der Waals surface area contributed by atoms with Gasteiger partial charge in [0.2, 0.25) is 0 Å². The number of rotatable bonds is 5. The molecule has 2 aromatic carbocycles. The molecule has 0 saturated carbocycles. The number of phenolic OH excluding ortho intramolecular Hbond substituents is 1. The molecule has 1 amide bonds. The summed E-state index contributed by atoms with van der Waals surface area (Å²) in [5.74, 6) is 0.0949. The lowest BCUT2D eigenvalue weighted by Crippen LogP contribution is -2.32. The Labute approximate surface area is 206 Å². The van der Waals surface area contributed by atoms with E-state index in [1.807, 2.05) is 0 Å². The second-order valence-electron chi connectivity index (χ2n) is 8.69. The van der Waals surface area contributed by atoms with Crippen molar-refractivity contribution in [2.45, 2.75) is 39.5 Å². The Balaban J connectivity index is 1.91. The molecule has 0 aliphatic rings. The average Bonchev–Trinajstić information content (AvgIpc) is 3.25. The van der Waals surface area contributed by atoms with Crippen molar-refractivity contribution in [2.75, 3.05) is 0 Å². The van der Waals surface area contributed by atoms with Crippen LogP contribution in [0.25, 0.3) is 22.2 Å². The van der Waals surface area contributed by atoms with Crippen LogP contribution >= 0.6 is 23.2 Å². The third kappa shape index (κ3) is 5.40. The molecule has 4 aromatic rings. The first-order chi connectivity index (χ1) is 16.1. The van der Waals surface area contributed by atoms with Crippen LogP contribution in [0, 0.1) is 0 Å². The number of carbonyl (C=O) groups is 1. The maximum atomic E-state index is 12.5. The van der Waals surface area contributed by atoms with E-state index in [9.17, 15) is 9.90 Å². The molecule has 0 atom stereocenters. The molecule has 4 rings (SSSR count). The molecule has 10 heteroatoms. The molecule has 8 nitrogen and oxygen atoms in total. The van der Waals surface area contributed by atoms with Crippen molar-refractivity contribution in [1.29, 1.82) is 0 Å². The van der Waals surface area contributed by atoms with Gasteiger partial charge in [-0.15, -0.1) is 0 Å². The van der Waals surface area contributed by atoms with E-state index in [1.165, 1.54) is 6.33 Å². The molecular formula is C24H23Cl2N5O3. The SMILES string of the molecule is CC(C)(C)OC(=O)NCc1c(-c2ccc(Cl)cc2Cl)nc2ccc(O)cc2c1Cn1cncn1. The summed E-state index contributed by atoms with van der Waals surface area (Å²) in [6, 6.07) is 10.1. The van der Waals surface area contributed by atoms with E-state index < -0.39 is 11.7 Å². The van der Waals surface area contributed by atoms with Crippen LogP contribution in [-0.4, -0.2) is 36.5 Å². The van der Waals surface area contributed by atoms with Crippen molar-refractivity contribution in [1.82, 2.24) is 25.1 Å². The average molecular weight is 500 g/mol. The topological polar surface area (TPSA) is 102 Å².